The Morgan fingerprint density at radius 3 is 2.32 bits per heavy atom. The first-order valence-electron chi connectivity index (χ1n) is 11.3. The van der Waals surface area contributed by atoms with E-state index in [1.165, 1.54) is 0 Å². The summed E-state index contributed by atoms with van der Waals surface area (Å²) in [6, 6.07) is 14.8. The number of rotatable bonds is 9. The quantitative estimate of drug-likeness (QED) is 0.506. The molecule has 0 saturated heterocycles. The van der Waals surface area contributed by atoms with Crippen molar-refractivity contribution < 1.29 is 23.9 Å². The molecule has 3 N–H and O–H groups in total. The van der Waals surface area contributed by atoms with Gasteiger partial charge in [0.05, 0.1) is 0 Å². The summed E-state index contributed by atoms with van der Waals surface area (Å²) in [5.41, 5.74) is 1.77. The molecule has 0 radical (unpaired) electrons. The van der Waals surface area contributed by atoms with E-state index in [2.05, 4.69) is 29.8 Å². The first-order chi connectivity index (χ1) is 15.9. The molecule has 8 heteroatoms. The highest BCUT2D eigenvalue weighted by Gasteiger charge is 2.18. The van der Waals surface area contributed by atoms with Crippen molar-refractivity contribution >= 4 is 23.6 Å². The van der Waals surface area contributed by atoms with Crippen LogP contribution in [0.4, 0.5) is 10.5 Å². The van der Waals surface area contributed by atoms with Crippen LogP contribution in [0, 0.1) is 0 Å². The number of carbonyl (C=O) groups excluding carboxylic acids is 3. The van der Waals surface area contributed by atoms with Crippen LogP contribution in [0.1, 0.15) is 58.6 Å². The zero-order valence-corrected chi connectivity index (χ0v) is 20.7. The molecule has 0 fully saturated rings. The van der Waals surface area contributed by atoms with Gasteiger partial charge in [-0.25, -0.2) is 4.79 Å². The fourth-order valence-electron chi connectivity index (χ4n) is 3.07. The largest absolute Gasteiger partial charge is 0.481 e. The second-order valence-electron chi connectivity index (χ2n) is 9.27. The molecule has 34 heavy (non-hydrogen) atoms. The van der Waals surface area contributed by atoms with Gasteiger partial charge in [-0.2, -0.15) is 0 Å². The summed E-state index contributed by atoms with van der Waals surface area (Å²) in [6.45, 7) is 11.2. The normalized spacial score (nSPS) is 12.0. The molecule has 3 amide bonds. The van der Waals surface area contributed by atoms with E-state index in [4.69, 9.17) is 9.47 Å². The lowest BCUT2D eigenvalue weighted by Gasteiger charge is -2.19. The fraction of sp³-hybridized carbons (Fsp3) is 0.423. The molecule has 0 aliphatic heterocycles. The highest BCUT2D eigenvalue weighted by atomic mass is 16.6. The Balaban J connectivity index is 1.85. The van der Waals surface area contributed by atoms with Gasteiger partial charge in [0.25, 0.3) is 5.91 Å². The van der Waals surface area contributed by atoms with Gasteiger partial charge in [0.2, 0.25) is 5.91 Å². The van der Waals surface area contributed by atoms with Crippen molar-refractivity contribution in [2.75, 3.05) is 11.9 Å². The van der Waals surface area contributed by atoms with E-state index in [9.17, 15) is 14.4 Å². The Labute approximate surface area is 201 Å². The number of anilines is 1. The van der Waals surface area contributed by atoms with Crippen molar-refractivity contribution in [1.29, 1.82) is 0 Å². The van der Waals surface area contributed by atoms with E-state index >= 15 is 0 Å². The maximum atomic E-state index is 12.6. The lowest BCUT2D eigenvalue weighted by Crippen LogP contribution is -2.37. The summed E-state index contributed by atoms with van der Waals surface area (Å²) in [6.07, 6.45) is -1.33. The number of benzene rings is 2. The van der Waals surface area contributed by atoms with Gasteiger partial charge in [-0.1, -0.05) is 44.2 Å². The lowest BCUT2D eigenvalue weighted by molar-refractivity contribution is -0.127. The van der Waals surface area contributed by atoms with Gasteiger partial charge in [0.15, 0.2) is 6.10 Å². The molecular weight excluding hydrogens is 434 g/mol. The van der Waals surface area contributed by atoms with Gasteiger partial charge in [-0.3, -0.25) is 9.59 Å². The summed E-state index contributed by atoms with van der Waals surface area (Å²) in [5, 5.41) is 7.99. The van der Waals surface area contributed by atoms with E-state index in [0.717, 1.165) is 11.1 Å². The number of hydrogen-bond acceptors (Lipinski definition) is 5. The molecule has 0 aliphatic rings. The van der Waals surface area contributed by atoms with E-state index < -0.39 is 23.7 Å². The molecule has 0 spiro atoms. The van der Waals surface area contributed by atoms with Crippen LogP contribution in [0.25, 0.3) is 0 Å². The Kier molecular flexibility index (Phi) is 9.47. The molecule has 1 unspecified atom stereocenters. The zero-order valence-electron chi connectivity index (χ0n) is 20.7. The minimum Gasteiger partial charge on any atom is -0.481 e. The summed E-state index contributed by atoms with van der Waals surface area (Å²) in [4.78, 5) is 36.4. The highest BCUT2D eigenvalue weighted by Crippen LogP contribution is 2.26. The van der Waals surface area contributed by atoms with Crippen molar-refractivity contribution in [2.24, 2.45) is 0 Å². The Hall–Kier alpha value is -3.55. The standard InChI is InChI=1S/C26H35N3O5/c1-17(2)21-12-7-8-13-22(21)33-18(3)24(31)27-15-19-10-9-11-20(14-19)29-23(30)16-28-25(32)34-26(4,5)6/h7-14,17-18H,15-16H2,1-6H3,(H,27,31)(H,28,32)(H,29,30). The van der Waals surface area contributed by atoms with Crippen LogP contribution in [0.2, 0.25) is 0 Å². The van der Waals surface area contributed by atoms with Gasteiger partial charge in [0, 0.05) is 12.2 Å². The molecule has 8 nitrogen and oxygen atoms in total. The topological polar surface area (TPSA) is 106 Å². The van der Waals surface area contributed by atoms with Gasteiger partial charge in [0.1, 0.15) is 17.9 Å². The highest BCUT2D eigenvalue weighted by molar-refractivity contribution is 5.93. The van der Waals surface area contributed by atoms with Crippen LogP contribution in [0.15, 0.2) is 48.5 Å². The van der Waals surface area contributed by atoms with E-state index in [1.54, 1.807) is 45.9 Å². The van der Waals surface area contributed by atoms with Crippen molar-refractivity contribution in [2.45, 2.75) is 65.7 Å². The molecule has 2 aromatic rings. The predicted molar refractivity (Wildman–Crippen MR) is 132 cm³/mol. The number of ether oxygens (including phenoxy) is 2. The number of alkyl carbamates (subject to hydrolysis) is 1. The predicted octanol–water partition coefficient (Wildman–Crippen LogP) is 4.36. The molecular formula is C26H35N3O5. The van der Waals surface area contributed by atoms with Crippen molar-refractivity contribution in [3.63, 3.8) is 0 Å². The van der Waals surface area contributed by atoms with Crippen molar-refractivity contribution in [1.82, 2.24) is 10.6 Å². The number of hydrogen-bond donors (Lipinski definition) is 3. The molecule has 0 saturated carbocycles. The summed E-state index contributed by atoms with van der Waals surface area (Å²) < 4.78 is 11.0. The number of nitrogens with one attached hydrogen (secondary N) is 3. The monoisotopic (exact) mass is 469 g/mol. The smallest absolute Gasteiger partial charge is 0.408 e. The molecule has 0 bridgehead atoms. The zero-order chi connectivity index (χ0) is 25.3. The van der Waals surface area contributed by atoms with Crippen LogP contribution >= 0.6 is 0 Å². The molecule has 0 heterocycles. The first kappa shape index (κ1) is 26.7. The number of amides is 3. The van der Waals surface area contributed by atoms with Gasteiger partial charge < -0.3 is 25.4 Å². The minimum absolute atomic E-state index is 0.220. The van der Waals surface area contributed by atoms with E-state index in [-0.39, 0.29) is 24.9 Å². The molecule has 0 aromatic heterocycles. The third kappa shape index (κ3) is 9.13. The average Bonchev–Trinajstić information content (AvgIpc) is 2.75. The number of carbonyl (C=O) groups is 3. The molecule has 2 rings (SSSR count). The lowest BCUT2D eigenvalue weighted by atomic mass is 10.0. The van der Waals surface area contributed by atoms with Crippen LogP contribution < -0.4 is 20.7 Å². The van der Waals surface area contributed by atoms with Crippen LogP contribution in [-0.4, -0.2) is 36.2 Å². The van der Waals surface area contributed by atoms with Crippen LogP contribution in [0.3, 0.4) is 0 Å². The van der Waals surface area contributed by atoms with Crippen molar-refractivity contribution in [3.05, 3.63) is 59.7 Å². The molecule has 184 valence electrons. The van der Waals surface area contributed by atoms with Gasteiger partial charge in [-0.15, -0.1) is 0 Å². The average molecular weight is 470 g/mol. The number of para-hydroxylation sites is 1. The minimum atomic E-state index is -0.665. The molecule has 2 aromatic carbocycles. The van der Waals surface area contributed by atoms with Crippen LogP contribution in [0.5, 0.6) is 5.75 Å². The summed E-state index contributed by atoms with van der Waals surface area (Å²) in [5.74, 6) is 0.348. The second-order valence-corrected chi connectivity index (χ2v) is 9.27. The third-order valence-corrected chi connectivity index (χ3v) is 4.68. The maximum absolute atomic E-state index is 12.6. The second kappa shape index (κ2) is 12.1. The summed E-state index contributed by atoms with van der Waals surface area (Å²) >= 11 is 0. The van der Waals surface area contributed by atoms with E-state index in [1.807, 2.05) is 30.3 Å². The van der Waals surface area contributed by atoms with E-state index in [0.29, 0.717) is 11.4 Å². The molecule has 1 atom stereocenters. The SMILES string of the molecule is CC(Oc1ccccc1C(C)C)C(=O)NCc1cccc(NC(=O)CNC(=O)OC(C)(C)C)c1. The van der Waals surface area contributed by atoms with Gasteiger partial charge >= 0.3 is 6.09 Å². The first-order valence-corrected chi connectivity index (χ1v) is 11.3. The van der Waals surface area contributed by atoms with Gasteiger partial charge in [-0.05, 0) is 62.9 Å². The fourth-order valence-corrected chi connectivity index (χ4v) is 3.07. The summed E-state index contributed by atoms with van der Waals surface area (Å²) in [7, 11) is 0. The molecule has 0 aliphatic carbocycles. The third-order valence-electron chi connectivity index (χ3n) is 4.68. The van der Waals surface area contributed by atoms with Crippen LogP contribution in [-0.2, 0) is 20.9 Å². The Bertz CT molecular complexity index is 998. The Morgan fingerprint density at radius 2 is 1.65 bits per heavy atom. The Morgan fingerprint density at radius 1 is 0.941 bits per heavy atom. The van der Waals surface area contributed by atoms with Crippen molar-refractivity contribution in [3.8, 4) is 5.75 Å². The maximum Gasteiger partial charge on any atom is 0.408 e.